The van der Waals surface area contributed by atoms with Crippen LogP contribution in [0, 0.1) is 5.92 Å². The van der Waals surface area contributed by atoms with E-state index in [0.29, 0.717) is 12.5 Å². The Balaban J connectivity index is 1.58. The molecule has 0 spiro atoms. The van der Waals surface area contributed by atoms with Gasteiger partial charge in [0.15, 0.2) is 0 Å². The van der Waals surface area contributed by atoms with Gasteiger partial charge >= 0.3 is 0 Å². The highest BCUT2D eigenvalue weighted by Crippen LogP contribution is 2.47. The quantitative estimate of drug-likeness (QED) is 0.905. The third-order valence-electron chi connectivity index (χ3n) is 3.71. The van der Waals surface area contributed by atoms with Crippen LogP contribution in [0.3, 0.4) is 0 Å². The molecule has 3 rings (SSSR count). The molecule has 0 saturated heterocycles. The van der Waals surface area contributed by atoms with Crippen molar-refractivity contribution in [2.24, 2.45) is 11.7 Å². The van der Waals surface area contributed by atoms with Crippen LogP contribution in [0.2, 0.25) is 0 Å². The summed E-state index contributed by atoms with van der Waals surface area (Å²) in [5.41, 5.74) is 7.62. The van der Waals surface area contributed by atoms with Gasteiger partial charge < -0.3 is 10.5 Å². The van der Waals surface area contributed by atoms with E-state index in [1.54, 1.807) is 0 Å². The minimum Gasteiger partial charge on any atom is -0.489 e. The third kappa shape index (κ3) is 2.82. The molecule has 0 bridgehead atoms. The van der Waals surface area contributed by atoms with E-state index >= 15 is 0 Å². The van der Waals surface area contributed by atoms with E-state index in [9.17, 15) is 4.79 Å². The Morgan fingerprint density at radius 1 is 1.10 bits per heavy atom. The summed E-state index contributed by atoms with van der Waals surface area (Å²) in [6.07, 6.45) is 0.875. The molecule has 3 heteroatoms. The molecule has 0 radical (unpaired) electrons. The molecule has 2 aromatic rings. The topological polar surface area (TPSA) is 52.3 Å². The number of primary amides is 1. The van der Waals surface area contributed by atoms with Crippen molar-refractivity contribution in [2.45, 2.75) is 18.9 Å². The molecule has 1 amide bonds. The van der Waals surface area contributed by atoms with Crippen molar-refractivity contribution in [2.75, 3.05) is 0 Å². The summed E-state index contributed by atoms with van der Waals surface area (Å²) in [7, 11) is 0. The normalized spacial score (nSPS) is 20.4. The van der Waals surface area contributed by atoms with Gasteiger partial charge in [0.05, 0.1) is 0 Å². The van der Waals surface area contributed by atoms with Crippen molar-refractivity contribution in [3.8, 4) is 5.75 Å². The highest BCUT2D eigenvalue weighted by atomic mass is 16.5. The largest absolute Gasteiger partial charge is 0.489 e. The van der Waals surface area contributed by atoms with E-state index in [0.717, 1.165) is 17.7 Å². The number of benzene rings is 2. The Kier molecular flexibility index (Phi) is 3.42. The Morgan fingerprint density at radius 3 is 2.40 bits per heavy atom. The summed E-state index contributed by atoms with van der Waals surface area (Å²) in [6.45, 7) is 0.563. The van der Waals surface area contributed by atoms with Crippen molar-refractivity contribution >= 4 is 5.91 Å². The zero-order valence-electron chi connectivity index (χ0n) is 11.2. The fourth-order valence-corrected chi connectivity index (χ4v) is 2.43. The predicted octanol–water partition coefficient (Wildman–Crippen LogP) is 2.85. The SMILES string of the molecule is NC(=O)[C@H]1C[C@@H]1c1ccc(OCc2ccccc2)cc1. The van der Waals surface area contributed by atoms with Gasteiger partial charge in [0, 0.05) is 5.92 Å². The molecule has 1 saturated carbocycles. The zero-order chi connectivity index (χ0) is 13.9. The molecule has 102 valence electrons. The van der Waals surface area contributed by atoms with E-state index in [-0.39, 0.29) is 11.8 Å². The first-order chi connectivity index (χ1) is 9.74. The van der Waals surface area contributed by atoms with E-state index in [4.69, 9.17) is 10.5 Å². The van der Waals surface area contributed by atoms with Gasteiger partial charge in [-0.15, -0.1) is 0 Å². The molecule has 2 aromatic carbocycles. The number of rotatable bonds is 5. The Labute approximate surface area is 118 Å². The Hall–Kier alpha value is -2.29. The van der Waals surface area contributed by atoms with Gasteiger partial charge in [-0.1, -0.05) is 42.5 Å². The molecular weight excluding hydrogens is 250 g/mol. The molecular formula is C17H17NO2. The van der Waals surface area contributed by atoms with Crippen LogP contribution in [0.15, 0.2) is 54.6 Å². The smallest absolute Gasteiger partial charge is 0.221 e. The number of carbonyl (C=O) groups excluding carboxylic acids is 1. The van der Waals surface area contributed by atoms with Gasteiger partial charge in [-0.3, -0.25) is 4.79 Å². The monoisotopic (exact) mass is 267 g/mol. The number of carbonyl (C=O) groups is 1. The lowest BCUT2D eigenvalue weighted by Crippen LogP contribution is -2.13. The number of hydrogen-bond acceptors (Lipinski definition) is 2. The third-order valence-corrected chi connectivity index (χ3v) is 3.71. The first kappa shape index (κ1) is 12.7. The molecule has 0 heterocycles. The minimum atomic E-state index is -0.195. The van der Waals surface area contributed by atoms with Crippen molar-refractivity contribution in [1.29, 1.82) is 0 Å². The predicted molar refractivity (Wildman–Crippen MR) is 77.3 cm³/mol. The molecule has 0 aromatic heterocycles. The molecule has 3 nitrogen and oxygen atoms in total. The number of nitrogens with two attached hydrogens (primary N) is 1. The molecule has 0 unspecified atom stereocenters. The molecule has 20 heavy (non-hydrogen) atoms. The van der Waals surface area contributed by atoms with Gasteiger partial charge in [0.2, 0.25) is 5.91 Å². The first-order valence-corrected chi connectivity index (χ1v) is 6.80. The van der Waals surface area contributed by atoms with Gasteiger partial charge in [-0.05, 0) is 35.6 Å². The second-order valence-corrected chi connectivity index (χ2v) is 5.19. The summed E-state index contributed by atoms with van der Waals surface area (Å²) in [5, 5.41) is 0. The van der Waals surface area contributed by atoms with Crippen molar-refractivity contribution in [1.82, 2.24) is 0 Å². The molecule has 2 N–H and O–H groups in total. The second-order valence-electron chi connectivity index (χ2n) is 5.19. The van der Waals surface area contributed by atoms with Gasteiger partial charge in [0.25, 0.3) is 0 Å². The first-order valence-electron chi connectivity index (χ1n) is 6.80. The summed E-state index contributed by atoms with van der Waals surface area (Å²) >= 11 is 0. The molecule has 1 fully saturated rings. The highest BCUT2D eigenvalue weighted by Gasteiger charge is 2.42. The zero-order valence-corrected chi connectivity index (χ0v) is 11.2. The van der Waals surface area contributed by atoms with Gasteiger partial charge in [-0.2, -0.15) is 0 Å². The van der Waals surface area contributed by atoms with E-state index in [1.807, 2.05) is 54.6 Å². The van der Waals surface area contributed by atoms with Crippen molar-refractivity contribution < 1.29 is 9.53 Å². The van der Waals surface area contributed by atoms with Crippen LogP contribution in [0.25, 0.3) is 0 Å². The van der Waals surface area contributed by atoms with Crippen LogP contribution in [0.4, 0.5) is 0 Å². The number of amides is 1. The van der Waals surface area contributed by atoms with E-state index < -0.39 is 0 Å². The van der Waals surface area contributed by atoms with Crippen LogP contribution in [-0.2, 0) is 11.4 Å². The minimum absolute atomic E-state index is 0.0195. The fourth-order valence-electron chi connectivity index (χ4n) is 2.43. The number of ether oxygens (including phenoxy) is 1. The maximum Gasteiger partial charge on any atom is 0.221 e. The van der Waals surface area contributed by atoms with Crippen LogP contribution in [-0.4, -0.2) is 5.91 Å². The van der Waals surface area contributed by atoms with Crippen LogP contribution in [0.1, 0.15) is 23.5 Å². The average molecular weight is 267 g/mol. The van der Waals surface area contributed by atoms with Crippen molar-refractivity contribution in [3.63, 3.8) is 0 Å². The second kappa shape index (κ2) is 5.37. The van der Waals surface area contributed by atoms with Gasteiger partial charge in [-0.25, -0.2) is 0 Å². The lowest BCUT2D eigenvalue weighted by molar-refractivity contribution is -0.119. The van der Waals surface area contributed by atoms with Crippen LogP contribution < -0.4 is 10.5 Å². The standard InChI is InChI=1S/C17H17NO2/c18-17(19)16-10-15(16)13-6-8-14(9-7-13)20-11-12-4-2-1-3-5-12/h1-9,15-16H,10-11H2,(H2,18,19)/t15-,16+/m1/s1. The summed E-state index contributed by atoms with van der Waals surface area (Å²) in [6, 6.07) is 18.0. The van der Waals surface area contributed by atoms with Gasteiger partial charge in [0.1, 0.15) is 12.4 Å². The number of hydrogen-bond donors (Lipinski definition) is 1. The van der Waals surface area contributed by atoms with Crippen LogP contribution in [0.5, 0.6) is 5.75 Å². The summed E-state index contributed by atoms with van der Waals surface area (Å²) in [4.78, 5) is 11.1. The molecule has 0 aliphatic heterocycles. The lowest BCUT2D eigenvalue weighted by Gasteiger charge is -2.07. The maximum absolute atomic E-state index is 11.1. The molecule has 2 atom stereocenters. The lowest BCUT2D eigenvalue weighted by atomic mass is 10.1. The molecule has 1 aliphatic rings. The Bertz CT molecular complexity index is 592. The molecule has 1 aliphatic carbocycles. The fraction of sp³-hybridized carbons (Fsp3) is 0.235. The van der Waals surface area contributed by atoms with E-state index in [1.165, 1.54) is 5.56 Å². The van der Waals surface area contributed by atoms with Crippen LogP contribution >= 0.6 is 0 Å². The Morgan fingerprint density at radius 2 is 1.80 bits per heavy atom. The average Bonchev–Trinajstić information content (AvgIpc) is 3.27. The maximum atomic E-state index is 11.1. The van der Waals surface area contributed by atoms with Crippen molar-refractivity contribution in [3.05, 3.63) is 65.7 Å². The summed E-state index contributed by atoms with van der Waals surface area (Å²) < 4.78 is 5.73. The highest BCUT2D eigenvalue weighted by molar-refractivity contribution is 5.81. The van der Waals surface area contributed by atoms with E-state index in [2.05, 4.69) is 0 Å². The summed E-state index contributed by atoms with van der Waals surface area (Å²) in [5.74, 6) is 0.968.